The summed E-state index contributed by atoms with van der Waals surface area (Å²) < 4.78 is 15.1. The minimum Gasteiger partial charge on any atom is -0.493 e. The van der Waals surface area contributed by atoms with Gasteiger partial charge in [0.15, 0.2) is 11.5 Å². The number of aliphatic hydroxyl groups is 1. The smallest absolute Gasteiger partial charge is 0.312 e. The van der Waals surface area contributed by atoms with Crippen molar-refractivity contribution in [1.29, 1.82) is 0 Å². The molecule has 5 nitrogen and oxygen atoms in total. The van der Waals surface area contributed by atoms with Gasteiger partial charge in [-0.3, -0.25) is 4.79 Å². The molecule has 0 spiro atoms. The minimum absolute atomic E-state index is 0.350. The Kier molecular flexibility index (Phi) is 3.72. The molecule has 1 heterocycles. The molecule has 1 aliphatic rings. The Morgan fingerprint density at radius 3 is 2.61 bits per heavy atom. The van der Waals surface area contributed by atoms with Crippen LogP contribution in [0.1, 0.15) is 18.1 Å². The SMILES string of the molecule is COc1ccc([C@@H](O)[C@@H]2CCOC2=O)cc1OC. The van der Waals surface area contributed by atoms with E-state index in [9.17, 15) is 9.90 Å². The molecule has 0 amide bonds. The third kappa shape index (κ3) is 2.26. The van der Waals surface area contributed by atoms with Crippen LogP contribution in [0.2, 0.25) is 0 Å². The number of rotatable bonds is 4. The quantitative estimate of drug-likeness (QED) is 0.818. The highest BCUT2D eigenvalue weighted by Crippen LogP contribution is 2.34. The molecular weight excluding hydrogens is 236 g/mol. The third-order valence-electron chi connectivity index (χ3n) is 3.11. The van der Waals surface area contributed by atoms with Gasteiger partial charge in [-0.25, -0.2) is 0 Å². The number of benzene rings is 1. The molecule has 0 aliphatic carbocycles. The zero-order valence-corrected chi connectivity index (χ0v) is 10.4. The molecule has 98 valence electrons. The number of hydrogen-bond acceptors (Lipinski definition) is 5. The molecule has 0 bridgehead atoms. The fourth-order valence-electron chi connectivity index (χ4n) is 2.07. The van der Waals surface area contributed by atoms with Crippen LogP contribution in [-0.2, 0) is 9.53 Å². The maximum Gasteiger partial charge on any atom is 0.312 e. The lowest BCUT2D eigenvalue weighted by atomic mass is 9.94. The first-order chi connectivity index (χ1) is 8.67. The average molecular weight is 252 g/mol. The van der Waals surface area contributed by atoms with Crippen LogP contribution in [0.4, 0.5) is 0 Å². The molecule has 0 unspecified atom stereocenters. The van der Waals surface area contributed by atoms with Crippen molar-refractivity contribution < 1.29 is 24.1 Å². The van der Waals surface area contributed by atoms with Gasteiger partial charge in [0, 0.05) is 0 Å². The van der Waals surface area contributed by atoms with Crippen LogP contribution in [0.15, 0.2) is 18.2 Å². The fourth-order valence-corrected chi connectivity index (χ4v) is 2.07. The zero-order chi connectivity index (χ0) is 13.1. The number of carbonyl (C=O) groups excluding carboxylic acids is 1. The van der Waals surface area contributed by atoms with Crippen LogP contribution in [0.5, 0.6) is 11.5 Å². The van der Waals surface area contributed by atoms with Gasteiger partial charge < -0.3 is 19.3 Å². The molecular formula is C13H16O5. The van der Waals surface area contributed by atoms with E-state index in [1.165, 1.54) is 7.11 Å². The summed E-state index contributed by atoms with van der Waals surface area (Å²) in [5.74, 6) is 0.267. The summed E-state index contributed by atoms with van der Waals surface area (Å²) in [5.41, 5.74) is 0.622. The first-order valence-corrected chi connectivity index (χ1v) is 5.74. The molecule has 1 aliphatic heterocycles. The predicted molar refractivity (Wildman–Crippen MR) is 63.6 cm³/mol. The third-order valence-corrected chi connectivity index (χ3v) is 3.11. The minimum atomic E-state index is -0.875. The van der Waals surface area contributed by atoms with E-state index in [0.717, 1.165) is 0 Å². The lowest BCUT2D eigenvalue weighted by Gasteiger charge is -2.17. The van der Waals surface area contributed by atoms with Crippen molar-refractivity contribution in [3.8, 4) is 11.5 Å². The van der Waals surface area contributed by atoms with E-state index in [1.807, 2.05) is 0 Å². The van der Waals surface area contributed by atoms with Gasteiger partial charge in [-0.15, -0.1) is 0 Å². The van der Waals surface area contributed by atoms with Crippen molar-refractivity contribution in [3.05, 3.63) is 23.8 Å². The number of esters is 1. The molecule has 1 fully saturated rings. The highest BCUT2D eigenvalue weighted by atomic mass is 16.5. The molecule has 2 atom stereocenters. The molecule has 5 heteroatoms. The van der Waals surface area contributed by atoms with Crippen molar-refractivity contribution in [1.82, 2.24) is 0 Å². The van der Waals surface area contributed by atoms with Crippen molar-refractivity contribution >= 4 is 5.97 Å². The van der Waals surface area contributed by atoms with Crippen LogP contribution < -0.4 is 9.47 Å². The standard InChI is InChI=1S/C13H16O5/c1-16-10-4-3-8(7-11(10)17-2)12(14)9-5-6-18-13(9)15/h3-4,7,9,12,14H,5-6H2,1-2H3/t9-,12+/m0/s1. The Balaban J connectivity index is 2.25. The summed E-state index contributed by atoms with van der Waals surface area (Å²) in [6, 6.07) is 5.10. The number of methoxy groups -OCH3 is 2. The Morgan fingerprint density at radius 1 is 1.33 bits per heavy atom. The zero-order valence-electron chi connectivity index (χ0n) is 10.4. The van der Waals surface area contributed by atoms with Gasteiger partial charge in [0.2, 0.25) is 0 Å². The Labute approximate surface area is 105 Å². The second-order valence-corrected chi connectivity index (χ2v) is 4.12. The number of aliphatic hydroxyl groups excluding tert-OH is 1. The van der Waals surface area contributed by atoms with Gasteiger partial charge in [0.25, 0.3) is 0 Å². The summed E-state index contributed by atoms with van der Waals surface area (Å²) in [6.45, 7) is 0.369. The molecule has 1 aromatic carbocycles. The van der Waals surface area contributed by atoms with E-state index < -0.39 is 12.0 Å². The molecule has 1 N–H and O–H groups in total. The van der Waals surface area contributed by atoms with E-state index >= 15 is 0 Å². The van der Waals surface area contributed by atoms with E-state index in [1.54, 1.807) is 25.3 Å². The Morgan fingerprint density at radius 2 is 2.06 bits per heavy atom. The highest BCUT2D eigenvalue weighted by Gasteiger charge is 2.34. The van der Waals surface area contributed by atoms with Crippen LogP contribution in [0.3, 0.4) is 0 Å². The molecule has 1 saturated heterocycles. The average Bonchev–Trinajstić information content (AvgIpc) is 2.83. The van der Waals surface area contributed by atoms with Crippen LogP contribution in [0.25, 0.3) is 0 Å². The second kappa shape index (κ2) is 5.27. The predicted octanol–water partition coefficient (Wildman–Crippen LogP) is 1.30. The summed E-state index contributed by atoms with van der Waals surface area (Å²) in [6.07, 6.45) is -0.339. The van der Waals surface area contributed by atoms with Gasteiger partial charge >= 0.3 is 5.97 Å². The van der Waals surface area contributed by atoms with Crippen molar-refractivity contribution in [2.45, 2.75) is 12.5 Å². The lowest BCUT2D eigenvalue weighted by molar-refractivity contribution is -0.144. The maximum absolute atomic E-state index is 11.4. The van der Waals surface area contributed by atoms with E-state index in [-0.39, 0.29) is 5.97 Å². The maximum atomic E-state index is 11.4. The van der Waals surface area contributed by atoms with Crippen LogP contribution in [-0.4, -0.2) is 31.9 Å². The second-order valence-electron chi connectivity index (χ2n) is 4.12. The van der Waals surface area contributed by atoms with Crippen LogP contribution >= 0.6 is 0 Å². The molecule has 18 heavy (non-hydrogen) atoms. The van der Waals surface area contributed by atoms with E-state index in [0.29, 0.717) is 30.1 Å². The van der Waals surface area contributed by atoms with Gasteiger partial charge in [-0.05, 0) is 24.1 Å². The first-order valence-electron chi connectivity index (χ1n) is 5.74. The summed E-state index contributed by atoms with van der Waals surface area (Å²) in [4.78, 5) is 11.4. The van der Waals surface area contributed by atoms with E-state index in [4.69, 9.17) is 14.2 Å². The molecule has 0 saturated carbocycles. The van der Waals surface area contributed by atoms with Crippen LogP contribution in [0, 0.1) is 5.92 Å². The Hall–Kier alpha value is -1.75. The fraction of sp³-hybridized carbons (Fsp3) is 0.462. The van der Waals surface area contributed by atoms with E-state index in [2.05, 4.69) is 0 Å². The molecule has 0 radical (unpaired) electrons. The number of cyclic esters (lactones) is 1. The largest absolute Gasteiger partial charge is 0.493 e. The van der Waals surface area contributed by atoms with Gasteiger partial charge in [0.05, 0.1) is 32.8 Å². The number of ether oxygens (including phenoxy) is 3. The summed E-state index contributed by atoms with van der Waals surface area (Å²) >= 11 is 0. The molecule has 1 aromatic rings. The monoisotopic (exact) mass is 252 g/mol. The highest BCUT2D eigenvalue weighted by molar-refractivity contribution is 5.75. The Bertz CT molecular complexity index is 443. The number of carbonyl (C=O) groups is 1. The van der Waals surface area contributed by atoms with Gasteiger partial charge in [-0.1, -0.05) is 6.07 Å². The van der Waals surface area contributed by atoms with Crippen molar-refractivity contribution in [2.75, 3.05) is 20.8 Å². The molecule has 2 rings (SSSR count). The van der Waals surface area contributed by atoms with Gasteiger partial charge in [-0.2, -0.15) is 0 Å². The summed E-state index contributed by atoms with van der Waals surface area (Å²) in [7, 11) is 3.07. The summed E-state index contributed by atoms with van der Waals surface area (Å²) in [5, 5.41) is 10.2. The van der Waals surface area contributed by atoms with Gasteiger partial charge in [0.1, 0.15) is 0 Å². The normalized spacial score (nSPS) is 20.4. The topological polar surface area (TPSA) is 65.0 Å². The first kappa shape index (κ1) is 12.7. The molecule has 0 aromatic heterocycles. The lowest BCUT2D eigenvalue weighted by Crippen LogP contribution is -2.17. The number of hydrogen-bond donors (Lipinski definition) is 1. The van der Waals surface area contributed by atoms with Crippen molar-refractivity contribution in [3.63, 3.8) is 0 Å². The van der Waals surface area contributed by atoms with Crippen molar-refractivity contribution in [2.24, 2.45) is 5.92 Å².